The first-order chi connectivity index (χ1) is 17.0. The molecule has 184 valence electrons. The zero-order valence-electron chi connectivity index (χ0n) is 20.7. The van der Waals surface area contributed by atoms with Gasteiger partial charge in [0, 0.05) is 56.6 Å². The summed E-state index contributed by atoms with van der Waals surface area (Å²) < 4.78 is 5.58. The van der Waals surface area contributed by atoms with E-state index < -0.39 is 0 Å². The third kappa shape index (κ3) is 5.21. The van der Waals surface area contributed by atoms with Crippen molar-refractivity contribution in [1.29, 1.82) is 0 Å². The maximum absolute atomic E-state index is 6.43. The van der Waals surface area contributed by atoms with Gasteiger partial charge in [-0.05, 0) is 36.6 Å². The van der Waals surface area contributed by atoms with Gasteiger partial charge in [0.15, 0.2) is 0 Å². The second kappa shape index (κ2) is 10.4. The summed E-state index contributed by atoms with van der Waals surface area (Å²) in [5.74, 6) is 3.05. The quantitative estimate of drug-likeness (QED) is 0.503. The summed E-state index contributed by atoms with van der Waals surface area (Å²) in [5, 5.41) is 0.692. The number of nitrogens with zero attached hydrogens (tertiary/aromatic N) is 6. The Hall–Kier alpha value is -2.90. The van der Waals surface area contributed by atoms with Crippen molar-refractivity contribution < 1.29 is 4.74 Å². The van der Waals surface area contributed by atoms with Crippen LogP contribution in [0.4, 0.5) is 17.6 Å². The van der Waals surface area contributed by atoms with E-state index in [4.69, 9.17) is 26.3 Å². The summed E-state index contributed by atoms with van der Waals surface area (Å²) in [6.45, 7) is 12.2. The minimum absolute atomic E-state index is 0.240. The van der Waals surface area contributed by atoms with Gasteiger partial charge in [0.2, 0.25) is 5.95 Å². The first kappa shape index (κ1) is 23.8. The van der Waals surface area contributed by atoms with Crippen molar-refractivity contribution in [3.05, 3.63) is 59.2 Å². The average molecular weight is 493 g/mol. The lowest BCUT2D eigenvalue weighted by atomic mass is 9.99. The normalized spacial score (nSPS) is 18.9. The Kier molecular flexibility index (Phi) is 7.07. The second-order valence-electron chi connectivity index (χ2n) is 9.59. The molecule has 2 fully saturated rings. The number of hydrogen-bond acceptors (Lipinski definition) is 7. The number of anilines is 3. The Morgan fingerprint density at radius 3 is 2.54 bits per heavy atom. The van der Waals surface area contributed by atoms with Gasteiger partial charge < -0.3 is 19.4 Å². The smallest absolute Gasteiger partial charge is 0.228 e. The summed E-state index contributed by atoms with van der Waals surface area (Å²) in [5.41, 5.74) is 3.40. The van der Waals surface area contributed by atoms with Crippen LogP contribution in [-0.2, 0) is 4.74 Å². The van der Waals surface area contributed by atoms with E-state index >= 15 is 0 Å². The van der Waals surface area contributed by atoms with Crippen LogP contribution in [0.25, 0.3) is 11.3 Å². The van der Waals surface area contributed by atoms with Crippen LogP contribution in [-0.4, -0.2) is 66.9 Å². The molecule has 1 atom stereocenters. The minimum Gasteiger partial charge on any atom is -0.378 e. The lowest BCUT2D eigenvalue weighted by Gasteiger charge is -2.41. The number of ether oxygens (including phenoxy) is 1. The lowest BCUT2D eigenvalue weighted by Crippen LogP contribution is -2.53. The van der Waals surface area contributed by atoms with E-state index in [1.54, 1.807) is 6.20 Å². The number of rotatable bonds is 5. The number of pyridine rings is 1. The third-order valence-electron chi connectivity index (χ3n) is 6.80. The SMILES string of the molecule is CC(C)c1cccc(-c2cc(N3CCN(c4ncccc4Cl)CC3C)nc(N3CCOCC3)n2)c1. The molecule has 1 aromatic carbocycles. The number of morpholine rings is 1. The molecule has 8 heteroatoms. The van der Waals surface area contributed by atoms with E-state index in [1.807, 2.05) is 12.1 Å². The van der Waals surface area contributed by atoms with Crippen molar-refractivity contribution in [1.82, 2.24) is 15.0 Å². The molecule has 2 aliphatic rings. The zero-order chi connectivity index (χ0) is 24.4. The molecule has 5 rings (SSSR count). The van der Waals surface area contributed by atoms with E-state index in [0.717, 1.165) is 61.6 Å². The summed E-state index contributed by atoms with van der Waals surface area (Å²) >= 11 is 6.43. The van der Waals surface area contributed by atoms with Crippen molar-refractivity contribution in [3.8, 4) is 11.3 Å². The van der Waals surface area contributed by atoms with E-state index in [-0.39, 0.29) is 6.04 Å². The molecule has 35 heavy (non-hydrogen) atoms. The number of benzene rings is 1. The van der Waals surface area contributed by atoms with Crippen LogP contribution in [0.1, 0.15) is 32.3 Å². The van der Waals surface area contributed by atoms with Gasteiger partial charge in [-0.15, -0.1) is 0 Å². The maximum atomic E-state index is 6.43. The highest BCUT2D eigenvalue weighted by Gasteiger charge is 2.28. The fraction of sp³-hybridized carbons (Fsp3) is 0.444. The molecule has 2 aliphatic heterocycles. The molecule has 0 radical (unpaired) electrons. The predicted molar refractivity (Wildman–Crippen MR) is 143 cm³/mol. The summed E-state index contributed by atoms with van der Waals surface area (Å²) in [7, 11) is 0. The molecule has 0 aliphatic carbocycles. The molecular formula is C27H33ClN6O. The Balaban J connectivity index is 1.48. The number of halogens is 1. The second-order valence-corrected chi connectivity index (χ2v) is 10.00. The Morgan fingerprint density at radius 2 is 1.80 bits per heavy atom. The maximum Gasteiger partial charge on any atom is 0.228 e. The van der Waals surface area contributed by atoms with Gasteiger partial charge >= 0.3 is 0 Å². The number of aromatic nitrogens is 3. The van der Waals surface area contributed by atoms with Gasteiger partial charge in [0.25, 0.3) is 0 Å². The van der Waals surface area contributed by atoms with Crippen molar-refractivity contribution in [2.75, 3.05) is 60.6 Å². The van der Waals surface area contributed by atoms with Crippen molar-refractivity contribution >= 4 is 29.2 Å². The van der Waals surface area contributed by atoms with Crippen LogP contribution in [0.15, 0.2) is 48.7 Å². The van der Waals surface area contributed by atoms with Gasteiger partial charge in [-0.3, -0.25) is 0 Å². The molecule has 0 saturated carbocycles. The topological polar surface area (TPSA) is 57.6 Å². The van der Waals surface area contributed by atoms with Gasteiger partial charge in [0.1, 0.15) is 11.6 Å². The zero-order valence-corrected chi connectivity index (χ0v) is 21.4. The van der Waals surface area contributed by atoms with E-state index in [1.165, 1.54) is 5.56 Å². The monoisotopic (exact) mass is 492 g/mol. The molecule has 2 aromatic heterocycles. The molecule has 3 aromatic rings. The first-order valence-corrected chi connectivity index (χ1v) is 12.8. The largest absolute Gasteiger partial charge is 0.378 e. The molecule has 0 spiro atoms. The van der Waals surface area contributed by atoms with E-state index in [0.29, 0.717) is 24.2 Å². The minimum atomic E-state index is 0.240. The molecular weight excluding hydrogens is 460 g/mol. The highest BCUT2D eigenvalue weighted by molar-refractivity contribution is 6.32. The van der Waals surface area contributed by atoms with E-state index in [2.05, 4.69) is 70.8 Å². The molecule has 7 nitrogen and oxygen atoms in total. The fourth-order valence-electron chi connectivity index (χ4n) is 4.78. The predicted octanol–water partition coefficient (Wildman–Crippen LogP) is 4.87. The van der Waals surface area contributed by atoms with Crippen LogP contribution in [0.5, 0.6) is 0 Å². The molecule has 4 heterocycles. The van der Waals surface area contributed by atoms with Crippen LogP contribution in [0.2, 0.25) is 5.02 Å². The Labute approximate surface area is 212 Å². The Bertz CT molecular complexity index is 1170. The summed E-state index contributed by atoms with van der Waals surface area (Å²) in [4.78, 5) is 21.5. The Morgan fingerprint density at radius 1 is 0.971 bits per heavy atom. The number of hydrogen-bond donors (Lipinski definition) is 0. The van der Waals surface area contributed by atoms with Gasteiger partial charge in [-0.25, -0.2) is 9.97 Å². The first-order valence-electron chi connectivity index (χ1n) is 12.4. The van der Waals surface area contributed by atoms with Gasteiger partial charge in [-0.1, -0.05) is 43.6 Å². The van der Waals surface area contributed by atoms with E-state index in [9.17, 15) is 0 Å². The van der Waals surface area contributed by atoms with Gasteiger partial charge in [0.05, 0.1) is 23.9 Å². The van der Waals surface area contributed by atoms with Crippen LogP contribution < -0.4 is 14.7 Å². The summed E-state index contributed by atoms with van der Waals surface area (Å²) in [6, 6.07) is 14.9. The highest BCUT2D eigenvalue weighted by atomic mass is 35.5. The fourth-order valence-corrected chi connectivity index (χ4v) is 5.02. The van der Waals surface area contributed by atoms with Gasteiger partial charge in [-0.2, -0.15) is 4.98 Å². The summed E-state index contributed by atoms with van der Waals surface area (Å²) in [6.07, 6.45) is 1.80. The van der Waals surface area contributed by atoms with Crippen molar-refractivity contribution in [3.63, 3.8) is 0 Å². The van der Waals surface area contributed by atoms with Crippen LogP contribution in [0, 0.1) is 0 Å². The molecule has 0 bridgehead atoms. The number of piperazine rings is 1. The van der Waals surface area contributed by atoms with Crippen molar-refractivity contribution in [2.45, 2.75) is 32.7 Å². The van der Waals surface area contributed by atoms with Crippen LogP contribution in [0.3, 0.4) is 0 Å². The lowest BCUT2D eigenvalue weighted by molar-refractivity contribution is 0.122. The molecule has 1 unspecified atom stereocenters. The van der Waals surface area contributed by atoms with Crippen molar-refractivity contribution in [2.24, 2.45) is 0 Å². The molecule has 0 amide bonds. The highest BCUT2D eigenvalue weighted by Crippen LogP contribution is 2.31. The molecule has 2 saturated heterocycles. The standard InChI is InChI=1S/C27H33ClN6O/c1-19(2)21-6-4-7-22(16-21)24-17-25(31-27(30-24)32-12-14-35-15-13-32)34-11-10-33(18-20(34)3)26-23(28)8-5-9-29-26/h4-9,16-17,19-20H,10-15,18H2,1-3H3. The third-order valence-corrected chi connectivity index (χ3v) is 7.10. The average Bonchev–Trinajstić information content (AvgIpc) is 2.89. The van der Waals surface area contributed by atoms with Crippen LogP contribution >= 0.6 is 11.6 Å². The molecule has 0 N–H and O–H groups in total.